The second-order valence-electron chi connectivity index (χ2n) is 6.46. The highest BCUT2D eigenvalue weighted by atomic mass is 35.5. The molecule has 1 aliphatic heterocycles. The number of benzene rings is 1. The molecule has 3 rings (SSSR count). The summed E-state index contributed by atoms with van der Waals surface area (Å²) in [6, 6.07) is 7.25. The number of thiophene rings is 1. The number of esters is 1. The summed E-state index contributed by atoms with van der Waals surface area (Å²) in [5.41, 5.74) is 3.54. The first kappa shape index (κ1) is 18.4. The SMILES string of the molecule is CCOC(=O)[C@H](c1ccccc1Cl)N1CCc2sc(C)c(C)c2C1C.[HH].[HH].[HH].[HH].[HH].[HH].[HH].[HH].[HH].[HH].[HH].[HH].[HH].[HH].[HH].[HH].[HH].[HH].[HH].[HH].[HH].[HH].[HH].[HH].[HH].[HH].[HH].[HH].[HH].[HH].[HH].[HH].[HH].[HH].[HH]. The Morgan fingerprint density at radius 2 is 2.16 bits per heavy atom. The van der Waals surface area contributed by atoms with Crippen molar-refractivity contribution in [2.24, 2.45) is 0 Å². The summed E-state index contributed by atoms with van der Waals surface area (Å²) in [5.74, 6) is -0.226. The van der Waals surface area contributed by atoms with Crippen molar-refractivity contribution < 1.29 is 59.5 Å². The van der Waals surface area contributed by atoms with E-state index >= 15 is 0 Å². The summed E-state index contributed by atoms with van der Waals surface area (Å²) in [6.07, 6.45) is 0.958. The molecule has 2 heterocycles. The van der Waals surface area contributed by atoms with Crippen LogP contribution in [0.3, 0.4) is 0 Å². The molecule has 0 fully saturated rings. The number of nitrogens with zero attached hydrogens (tertiary/aromatic N) is 1. The Hall–Kier alpha value is -1.36. The first-order valence-corrected chi connectivity index (χ1v) is 9.90. The third kappa shape index (κ3) is 3.35. The maximum Gasteiger partial charge on any atom is 0.328 e. The van der Waals surface area contributed by atoms with Crippen LogP contribution in [0.15, 0.2) is 24.3 Å². The maximum absolute atomic E-state index is 12.8. The van der Waals surface area contributed by atoms with Gasteiger partial charge in [0.15, 0.2) is 0 Å². The van der Waals surface area contributed by atoms with Crippen LogP contribution in [0.1, 0.15) is 102 Å². The molecule has 0 spiro atoms. The quantitative estimate of drug-likeness (QED) is 0.436. The van der Waals surface area contributed by atoms with Crippen LogP contribution in [-0.4, -0.2) is 24.0 Å². The molecule has 2 aromatic rings. The molecule has 0 saturated heterocycles. The van der Waals surface area contributed by atoms with Crippen molar-refractivity contribution in [1.82, 2.24) is 4.90 Å². The lowest BCUT2D eigenvalue weighted by Gasteiger charge is -2.39. The number of ether oxygens (including phenoxy) is 1. The van der Waals surface area contributed by atoms with E-state index in [0.717, 1.165) is 18.5 Å². The van der Waals surface area contributed by atoms with Crippen molar-refractivity contribution in [2.75, 3.05) is 13.2 Å². The lowest BCUT2D eigenvalue weighted by Crippen LogP contribution is -2.41. The monoisotopic (exact) mass is 448 g/mol. The van der Waals surface area contributed by atoms with E-state index in [1.54, 1.807) is 0 Å². The van der Waals surface area contributed by atoms with Gasteiger partial charge in [-0.3, -0.25) is 4.90 Å². The molecular formula is C20H94ClNO2S. The topological polar surface area (TPSA) is 29.5 Å². The summed E-state index contributed by atoms with van der Waals surface area (Å²) in [6.45, 7) is 9.56. The van der Waals surface area contributed by atoms with E-state index in [0.29, 0.717) is 11.6 Å². The number of fused-ring (bicyclic) bond motifs is 1. The molecule has 0 aliphatic carbocycles. The lowest BCUT2D eigenvalue weighted by molar-refractivity contribution is -0.151. The Morgan fingerprint density at radius 1 is 1.44 bits per heavy atom. The minimum atomic E-state index is -0.476. The fraction of sp³-hybridized carbons (Fsp3) is 0.450. The van der Waals surface area contributed by atoms with Crippen LogP contribution in [0.2, 0.25) is 5.02 Å². The molecule has 0 bridgehead atoms. The standard InChI is InChI=1S/C20H24ClNO2S.35H2/c1-5-24-20(23)19(15-8-6-7-9-16(15)21)22-11-10-17-18(13(22)3)12(2)14(4)25-17;;;;;;;;;;;;;;;;;;;;;;;;;;;;;;;;;;;/h6-9,13,19H,5,10-11H2,1-4H3;35*1H/t13?,19-;;;;;;;;;;;;;;;;;;;;;;;;;;;;;;;;;;;/m0.................................../s1. The van der Waals surface area contributed by atoms with E-state index in [9.17, 15) is 4.79 Å². The second-order valence-corrected chi connectivity index (χ2v) is 8.18. The van der Waals surface area contributed by atoms with Crippen molar-refractivity contribution in [2.45, 2.75) is 46.2 Å². The summed E-state index contributed by atoms with van der Waals surface area (Å²) < 4.78 is 5.40. The van der Waals surface area contributed by atoms with Crippen LogP contribution in [0.25, 0.3) is 0 Å². The van der Waals surface area contributed by atoms with Gasteiger partial charge in [0.25, 0.3) is 0 Å². The Balaban J connectivity index is -0.00000000672. The first-order valence-electron chi connectivity index (χ1n) is 8.71. The molecule has 1 aromatic carbocycles. The molecule has 2 atom stereocenters. The predicted molar refractivity (Wildman–Crippen MR) is 177 cm³/mol. The number of hydrogen-bond acceptors (Lipinski definition) is 4. The molecule has 0 radical (unpaired) electrons. The van der Waals surface area contributed by atoms with E-state index in [4.69, 9.17) is 16.3 Å². The van der Waals surface area contributed by atoms with Crippen molar-refractivity contribution >= 4 is 28.9 Å². The van der Waals surface area contributed by atoms with Gasteiger partial charge >= 0.3 is 5.97 Å². The first-order chi connectivity index (χ1) is 12.0. The molecule has 1 aromatic heterocycles. The number of rotatable bonds is 4. The zero-order valence-corrected chi connectivity index (χ0v) is 16.7. The minimum Gasteiger partial charge on any atom is -0.465 e. The van der Waals surface area contributed by atoms with Gasteiger partial charge in [-0.15, -0.1) is 11.3 Å². The highest BCUT2D eigenvalue weighted by Crippen LogP contribution is 2.43. The van der Waals surface area contributed by atoms with Gasteiger partial charge in [0.2, 0.25) is 0 Å². The van der Waals surface area contributed by atoms with Gasteiger partial charge in [0.1, 0.15) is 6.04 Å². The van der Waals surface area contributed by atoms with E-state index in [-0.39, 0.29) is 61.9 Å². The van der Waals surface area contributed by atoms with E-state index in [1.807, 2.05) is 42.5 Å². The Kier molecular flexibility index (Phi) is 5.52. The zero-order chi connectivity index (χ0) is 18.1. The summed E-state index contributed by atoms with van der Waals surface area (Å²) in [5, 5.41) is 0.608. The molecule has 0 amide bonds. The second kappa shape index (κ2) is 7.48. The zero-order valence-electron chi connectivity index (χ0n) is 15.1. The van der Waals surface area contributed by atoms with Crippen LogP contribution < -0.4 is 0 Å². The highest BCUT2D eigenvalue weighted by Gasteiger charge is 2.38. The average molecular weight is 448 g/mol. The van der Waals surface area contributed by atoms with Gasteiger partial charge in [-0.25, -0.2) is 4.79 Å². The van der Waals surface area contributed by atoms with Crippen LogP contribution >= 0.6 is 22.9 Å². The fourth-order valence-electron chi connectivity index (χ4n) is 3.75. The van der Waals surface area contributed by atoms with Crippen molar-refractivity contribution in [3.8, 4) is 0 Å². The number of hydrogen-bond donors (Lipinski definition) is 0. The molecule has 3 nitrogen and oxygen atoms in total. The molecule has 1 aliphatic rings. The highest BCUT2D eigenvalue weighted by molar-refractivity contribution is 7.12. The molecule has 25 heavy (non-hydrogen) atoms. The van der Waals surface area contributed by atoms with Gasteiger partial charge < -0.3 is 4.74 Å². The normalized spacial score (nSPS) is 18.7. The van der Waals surface area contributed by atoms with E-state index < -0.39 is 6.04 Å². The number of carbonyl (C=O) groups is 1. The fourth-order valence-corrected chi connectivity index (χ4v) is 5.25. The Labute approximate surface area is 210 Å². The van der Waals surface area contributed by atoms with Crippen LogP contribution in [0.5, 0.6) is 0 Å². The van der Waals surface area contributed by atoms with E-state index in [1.165, 1.54) is 20.9 Å². The molecule has 0 N–H and O–H groups in total. The van der Waals surface area contributed by atoms with Gasteiger partial charge in [0, 0.05) is 77.3 Å². The molecule has 1 unspecified atom stereocenters. The number of carbonyl (C=O) groups excluding carboxylic acids is 1. The lowest BCUT2D eigenvalue weighted by atomic mass is 9.93. The molecular weight excluding hydrogens is 354 g/mol. The van der Waals surface area contributed by atoms with Gasteiger partial charge in [-0.05, 0) is 56.9 Å². The van der Waals surface area contributed by atoms with Crippen molar-refractivity contribution in [3.63, 3.8) is 0 Å². The summed E-state index contributed by atoms with van der Waals surface area (Å²) in [7, 11) is 0. The third-order valence-corrected chi connectivity index (χ3v) is 6.69. The van der Waals surface area contributed by atoms with Crippen molar-refractivity contribution in [3.05, 3.63) is 55.7 Å². The van der Waals surface area contributed by atoms with Crippen molar-refractivity contribution in [1.29, 1.82) is 0 Å². The average Bonchev–Trinajstić information content (AvgIpc) is 2.87. The van der Waals surface area contributed by atoms with Crippen LogP contribution in [-0.2, 0) is 16.0 Å². The van der Waals surface area contributed by atoms with E-state index in [2.05, 4.69) is 25.7 Å². The Morgan fingerprint density at radius 3 is 2.84 bits per heavy atom. The Bertz CT molecular complexity index is 845. The molecule has 5 heteroatoms. The number of aryl methyl sites for hydroxylation is 1. The summed E-state index contributed by atoms with van der Waals surface area (Å²) in [4.78, 5) is 17.9. The largest absolute Gasteiger partial charge is 0.465 e. The van der Waals surface area contributed by atoms with Crippen LogP contribution in [0.4, 0.5) is 0 Å². The predicted octanol–water partition coefficient (Wildman–Crippen LogP) is 13.9. The number of halogens is 1. The minimum absolute atomic E-state index is 0. The molecule has 204 valence electrons. The van der Waals surface area contributed by atoms with Gasteiger partial charge in [-0.2, -0.15) is 0 Å². The third-order valence-electron chi connectivity index (χ3n) is 5.06. The van der Waals surface area contributed by atoms with Gasteiger partial charge in [0.05, 0.1) is 6.61 Å². The maximum atomic E-state index is 12.8. The van der Waals surface area contributed by atoms with Gasteiger partial charge in [-0.1, -0.05) is 29.8 Å². The smallest absolute Gasteiger partial charge is 0.328 e. The van der Waals surface area contributed by atoms with Crippen LogP contribution in [0, 0.1) is 13.8 Å². The molecule has 0 saturated carbocycles. The summed E-state index contributed by atoms with van der Waals surface area (Å²) >= 11 is 8.32.